The Hall–Kier alpha value is -0.690. The fraction of sp³-hybridized carbons (Fsp3) is 0.579. The van der Waals surface area contributed by atoms with Gasteiger partial charge in [-0.25, -0.2) is 10.0 Å². The third-order valence-corrected chi connectivity index (χ3v) is 4.51. The summed E-state index contributed by atoms with van der Waals surface area (Å²) in [5.74, 6) is 0. The molecule has 22 heavy (non-hydrogen) atoms. The number of hydrogen-bond acceptors (Lipinski definition) is 2. The van der Waals surface area contributed by atoms with Crippen LogP contribution >= 0.6 is 9.24 Å². The Kier molecular flexibility index (Phi) is 10.6. The number of hydrazine groups is 1. The molecule has 126 valence electrons. The molecular weight excluding hydrogens is 287 g/mol. The van der Waals surface area contributed by atoms with Gasteiger partial charge in [-0.3, -0.25) is 0 Å². The lowest BCUT2D eigenvalue weighted by molar-refractivity contribution is -0.0150. The largest absolute Gasteiger partial charge is 0.240 e. The molecule has 0 rings (SSSR count). The third kappa shape index (κ3) is 7.54. The van der Waals surface area contributed by atoms with Gasteiger partial charge in [0, 0.05) is 26.2 Å². The molecule has 0 saturated carbocycles. The van der Waals surface area contributed by atoms with Gasteiger partial charge in [-0.1, -0.05) is 42.9 Å². The van der Waals surface area contributed by atoms with E-state index in [0.29, 0.717) is 6.04 Å². The molecular formula is C19H35N2P. The first-order valence-electron chi connectivity index (χ1n) is 8.11. The van der Waals surface area contributed by atoms with Crippen LogP contribution in [0.15, 0.2) is 46.8 Å². The summed E-state index contributed by atoms with van der Waals surface area (Å²) in [5.41, 5.74) is 4.05. The lowest BCUT2D eigenvalue weighted by Crippen LogP contribution is -2.47. The summed E-state index contributed by atoms with van der Waals surface area (Å²) < 4.78 is 0. The molecule has 0 aliphatic heterocycles. The molecule has 0 heterocycles. The maximum Gasteiger partial charge on any atom is 0.0433 e. The predicted molar refractivity (Wildman–Crippen MR) is 105 cm³/mol. The van der Waals surface area contributed by atoms with Crippen molar-refractivity contribution in [2.75, 3.05) is 20.1 Å². The lowest BCUT2D eigenvalue weighted by Gasteiger charge is -2.38. The Morgan fingerprint density at radius 2 is 1.77 bits per heavy atom. The fourth-order valence-electron chi connectivity index (χ4n) is 2.33. The normalized spacial score (nSPS) is 14.9. The third-order valence-electron chi connectivity index (χ3n) is 3.82. The van der Waals surface area contributed by atoms with Crippen molar-refractivity contribution in [3.05, 3.63) is 46.8 Å². The van der Waals surface area contributed by atoms with Crippen molar-refractivity contribution in [2.45, 2.75) is 54.0 Å². The molecule has 0 fully saturated rings. The predicted octanol–water partition coefficient (Wildman–Crippen LogP) is 5.18. The Morgan fingerprint density at radius 1 is 1.18 bits per heavy atom. The first-order valence-corrected chi connectivity index (χ1v) is 8.69. The van der Waals surface area contributed by atoms with Gasteiger partial charge in [0.05, 0.1) is 0 Å². The van der Waals surface area contributed by atoms with Gasteiger partial charge < -0.3 is 0 Å². The molecule has 0 aromatic rings. The molecule has 0 bridgehead atoms. The first-order chi connectivity index (χ1) is 10.2. The molecule has 0 aromatic heterocycles. The summed E-state index contributed by atoms with van der Waals surface area (Å²) in [6.45, 7) is 19.0. The zero-order valence-corrected chi connectivity index (χ0v) is 16.8. The highest BCUT2D eigenvalue weighted by atomic mass is 31.0. The molecule has 3 heteroatoms. The average Bonchev–Trinajstić information content (AvgIpc) is 2.48. The zero-order valence-electron chi connectivity index (χ0n) is 15.6. The minimum Gasteiger partial charge on any atom is -0.240 e. The van der Waals surface area contributed by atoms with E-state index in [1.54, 1.807) is 0 Å². The van der Waals surface area contributed by atoms with Crippen molar-refractivity contribution < 1.29 is 0 Å². The van der Waals surface area contributed by atoms with Crippen molar-refractivity contribution in [1.82, 2.24) is 10.0 Å². The van der Waals surface area contributed by atoms with Crippen LogP contribution < -0.4 is 0 Å². The highest BCUT2D eigenvalue weighted by Crippen LogP contribution is 2.21. The van der Waals surface area contributed by atoms with Gasteiger partial charge in [-0.05, 0) is 51.9 Å². The van der Waals surface area contributed by atoms with E-state index in [4.69, 9.17) is 0 Å². The molecule has 0 aliphatic carbocycles. The van der Waals surface area contributed by atoms with Gasteiger partial charge in [0.15, 0.2) is 0 Å². The SMILES string of the molecule is C=C/C(P)=C(/C)C(C)N(CCC)N(C)C/C(C)=C/C=C(C)C. The van der Waals surface area contributed by atoms with Crippen LogP contribution in [0.1, 0.15) is 48.0 Å². The van der Waals surface area contributed by atoms with E-state index in [0.717, 1.165) is 19.5 Å². The maximum absolute atomic E-state index is 3.88. The monoisotopic (exact) mass is 322 g/mol. The summed E-state index contributed by atoms with van der Waals surface area (Å²) >= 11 is 0. The Labute approximate surface area is 140 Å². The smallest absolute Gasteiger partial charge is 0.0433 e. The molecule has 0 radical (unpaired) electrons. The molecule has 0 spiro atoms. The highest BCUT2D eigenvalue weighted by molar-refractivity contribution is 7.23. The minimum atomic E-state index is 0.367. The van der Waals surface area contributed by atoms with Crippen LogP contribution in [0, 0.1) is 0 Å². The second-order valence-electron chi connectivity index (χ2n) is 6.25. The Balaban J connectivity index is 5.13. The summed E-state index contributed by atoms with van der Waals surface area (Å²) in [6, 6.07) is 0.367. The quantitative estimate of drug-likeness (QED) is 0.328. The number of rotatable bonds is 9. The van der Waals surface area contributed by atoms with E-state index in [9.17, 15) is 0 Å². The van der Waals surface area contributed by atoms with Crippen LogP contribution in [0.3, 0.4) is 0 Å². The van der Waals surface area contributed by atoms with Gasteiger partial charge in [0.1, 0.15) is 0 Å². The van der Waals surface area contributed by atoms with Crippen molar-refractivity contribution in [2.24, 2.45) is 0 Å². The topological polar surface area (TPSA) is 6.48 Å². The van der Waals surface area contributed by atoms with Crippen molar-refractivity contribution >= 4 is 9.24 Å². The fourth-order valence-corrected chi connectivity index (χ4v) is 2.57. The van der Waals surface area contributed by atoms with Crippen molar-refractivity contribution in [1.29, 1.82) is 0 Å². The number of allylic oxidation sites excluding steroid dienone is 5. The van der Waals surface area contributed by atoms with E-state index < -0.39 is 0 Å². The van der Waals surface area contributed by atoms with Crippen LogP contribution in [0.25, 0.3) is 0 Å². The molecule has 0 saturated heterocycles. The van der Waals surface area contributed by atoms with Gasteiger partial charge in [0.25, 0.3) is 0 Å². The molecule has 0 amide bonds. The van der Waals surface area contributed by atoms with Crippen LogP contribution in [0.4, 0.5) is 0 Å². The van der Waals surface area contributed by atoms with E-state index in [1.165, 1.54) is 22.0 Å². The molecule has 0 aromatic carbocycles. The summed E-state index contributed by atoms with van der Waals surface area (Å²) in [4.78, 5) is 0. The Bertz CT molecular complexity index is 442. The second kappa shape index (κ2) is 10.9. The van der Waals surface area contributed by atoms with Gasteiger partial charge in [0.2, 0.25) is 0 Å². The highest BCUT2D eigenvalue weighted by Gasteiger charge is 2.19. The van der Waals surface area contributed by atoms with Crippen molar-refractivity contribution in [3.8, 4) is 0 Å². The van der Waals surface area contributed by atoms with E-state index in [-0.39, 0.29) is 0 Å². The van der Waals surface area contributed by atoms with Crippen LogP contribution in [-0.2, 0) is 0 Å². The number of hydrogen-bond donors (Lipinski definition) is 0. The van der Waals surface area contributed by atoms with Crippen LogP contribution in [0.5, 0.6) is 0 Å². The first kappa shape index (κ1) is 21.3. The maximum atomic E-state index is 3.88. The summed E-state index contributed by atoms with van der Waals surface area (Å²) in [7, 11) is 4.97. The van der Waals surface area contributed by atoms with Crippen LogP contribution in [0.2, 0.25) is 0 Å². The van der Waals surface area contributed by atoms with Gasteiger partial charge in [-0.15, -0.1) is 9.24 Å². The summed E-state index contributed by atoms with van der Waals surface area (Å²) in [5, 5.41) is 5.98. The molecule has 2 atom stereocenters. The summed E-state index contributed by atoms with van der Waals surface area (Å²) in [6.07, 6.45) is 7.45. The average molecular weight is 322 g/mol. The van der Waals surface area contributed by atoms with Crippen LogP contribution in [-0.4, -0.2) is 36.2 Å². The molecule has 0 N–H and O–H groups in total. The van der Waals surface area contributed by atoms with Crippen molar-refractivity contribution in [3.63, 3.8) is 0 Å². The molecule has 0 aliphatic rings. The number of likely N-dealkylation sites (N-methyl/N-ethyl adjacent to an activating group) is 1. The second-order valence-corrected chi connectivity index (χ2v) is 6.88. The van der Waals surface area contributed by atoms with Gasteiger partial charge in [-0.2, -0.15) is 0 Å². The lowest BCUT2D eigenvalue weighted by atomic mass is 10.1. The van der Waals surface area contributed by atoms with E-state index >= 15 is 0 Å². The van der Waals surface area contributed by atoms with Gasteiger partial charge >= 0.3 is 0 Å². The minimum absolute atomic E-state index is 0.367. The molecule has 2 unspecified atom stereocenters. The molecule has 2 nitrogen and oxygen atoms in total. The van der Waals surface area contributed by atoms with E-state index in [1.807, 2.05) is 6.08 Å². The standard InChI is InChI=1S/C19H35N2P/c1-9-13-21(18(7)17(6)19(22)10-2)20(8)14-16(5)12-11-15(3)4/h10-12,18H,2,9,13-14,22H2,1,3-8H3/b16-12+,19-17+. The Morgan fingerprint density at radius 3 is 2.23 bits per heavy atom. The van der Waals surface area contributed by atoms with E-state index in [2.05, 4.69) is 86.6 Å². The number of nitrogens with zero attached hydrogens (tertiary/aromatic N) is 2. The zero-order chi connectivity index (χ0) is 17.3.